The molecule has 5 heteroatoms. The van der Waals surface area contributed by atoms with E-state index in [9.17, 15) is 0 Å². The lowest BCUT2D eigenvalue weighted by Gasteiger charge is -2.11. The van der Waals surface area contributed by atoms with Gasteiger partial charge in [0, 0.05) is 37.3 Å². The molecule has 0 unspecified atom stereocenters. The Hall–Kier alpha value is -1.30. The lowest BCUT2D eigenvalue weighted by atomic mass is 10.00. The van der Waals surface area contributed by atoms with Crippen molar-refractivity contribution in [3.05, 3.63) is 58.5 Å². The van der Waals surface area contributed by atoms with Crippen molar-refractivity contribution < 1.29 is 4.74 Å². The van der Waals surface area contributed by atoms with Crippen LogP contribution in [0.3, 0.4) is 0 Å². The average molecular weight is 446 g/mol. The highest BCUT2D eigenvalue weighted by Gasteiger charge is 2.23. The van der Waals surface area contributed by atoms with Crippen LogP contribution in [0.5, 0.6) is 0 Å². The van der Waals surface area contributed by atoms with E-state index in [4.69, 9.17) is 4.74 Å². The van der Waals surface area contributed by atoms with E-state index < -0.39 is 0 Å². The number of hydrogen-bond donors (Lipinski definition) is 0. The molecule has 4 rings (SSSR count). The van der Waals surface area contributed by atoms with Gasteiger partial charge in [-0.15, -0.1) is 23.7 Å². The van der Waals surface area contributed by atoms with Gasteiger partial charge in [-0.1, -0.05) is 41.6 Å². The third kappa shape index (κ3) is 4.89. The van der Waals surface area contributed by atoms with Crippen molar-refractivity contribution in [1.82, 2.24) is 4.90 Å². The molecule has 0 amide bonds. The molecule has 0 atom stereocenters. The largest absolute Gasteiger partial charge is 0.376 e. The minimum Gasteiger partial charge on any atom is -0.376 e. The van der Waals surface area contributed by atoms with Gasteiger partial charge >= 0.3 is 0 Å². The molecule has 0 bridgehead atoms. The van der Waals surface area contributed by atoms with Crippen LogP contribution in [-0.4, -0.2) is 32.1 Å². The molecule has 0 aliphatic carbocycles. The number of thiophene rings is 1. The Morgan fingerprint density at radius 2 is 1.76 bits per heavy atom. The maximum absolute atomic E-state index is 5.98. The molecule has 3 aromatic rings. The second-order valence-corrected chi connectivity index (χ2v) is 9.91. The molecule has 0 radical (unpaired) electrons. The van der Waals surface area contributed by atoms with Gasteiger partial charge in [0.25, 0.3) is 0 Å². The highest BCUT2D eigenvalue weighted by Crippen LogP contribution is 2.52. The summed E-state index contributed by atoms with van der Waals surface area (Å²) in [5.74, 6) is 0. The smallest absolute Gasteiger partial charge is 0.0809 e. The molecular weight excluding hydrogens is 418 g/mol. The minimum absolute atomic E-state index is 0. The molecule has 0 spiro atoms. The topological polar surface area (TPSA) is 12.5 Å². The van der Waals surface area contributed by atoms with Gasteiger partial charge in [-0.3, -0.25) is 0 Å². The van der Waals surface area contributed by atoms with Crippen LogP contribution < -0.4 is 0 Å². The Morgan fingerprint density at radius 1 is 0.966 bits per heavy atom. The monoisotopic (exact) mass is 445 g/mol. The van der Waals surface area contributed by atoms with E-state index in [0.29, 0.717) is 6.61 Å². The normalized spacial score (nSPS) is 12.0. The Morgan fingerprint density at radius 3 is 2.55 bits per heavy atom. The third-order valence-corrected chi connectivity index (χ3v) is 7.44. The summed E-state index contributed by atoms with van der Waals surface area (Å²) in [6, 6.07) is 15.8. The molecule has 29 heavy (non-hydrogen) atoms. The summed E-state index contributed by atoms with van der Waals surface area (Å²) in [5.41, 5.74) is 6.74. The zero-order valence-corrected chi connectivity index (χ0v) is 19.9. The first-order valence-corrected chi connectivity index (χ1v) is 11.4. The number of ether oxygens (including phenoxy) is 1. The standard InChI is InChI=1S/C24H27NOS2.ClH/c1-16-12-17(2)23-21(13-16)24-20(19-8-5-6-9-22(19)28-23)14-18(27-24)15-26-11-7-10-25(3)4;/h5-6,8-9,12-14H,7,10-11,15H2,1-4H3;1H. The maximum Gasteiger partial charge on any atom is 0.0809 e. The molecule has 1 aliphatic rings. The highest BCUT2D eigenvalue weighted by molar-refractivity contribution is 7.99. The fourth-order valence-electron chi connectivity index (χ4n) is 3.72. The van der Waals surface area contributed by atoms with Gasteiger partial charge in [0.15, 0.2) is 0 Å². The fourth-order valence-corrected chi connectivity index (χ4v) is 6.06. The first-order valence-electron chi connectivity index (χ1n) is 9.77. The third-order valence-electron chi connectivity index (χ3n) is 4.97. The number of rotatable bonds is 6. The van der Waals surface area contributed by atoms with Crippen LogP contribution in [0.15, 0.2) is 52.3 Å². The van der Waals surface area contributed by atoms with Crippen LogP contribution in [0.2, 0.25) is 0 Å². The lowest BCUT2D eigenvalue weighted by molar-refractivity contribution is 0.115. The molecule has 1 aromatic heterocycles. The van der Waals surface area contributed by atoms with Crippen molar-refractivity contribution in [2.75, 3.05) is 27.2 Å². The van der Waals surface area contributed by atoms with Crippen LogP contribution in [-0.2, 0) is 11.3 Å². The Labute approximate surface area is 188 Å². The van der Waals surface area contributed by atoms with E-state index in [1.807, 2.05) is 23.1 Å². The van der Waals surface area contributed by atoms with E-state index in [2.05, 4.69) is 75.3 Å². The van der Waals surface area contributed by atoms with Crippen LogP contribution >= 0.6 is 35.5 Å². The van der Waals surface area contributed by atoms with E-state index >= 15 is 0 Å². The molecule has 0 saturated heterocycles. The van der Waals surface area contributed by atoms with Gasteiger partial charge in [-0.2, -0.15) is 0 Å². The molecule has 2 nitrogen and oxygen atoms in total. The van der Waals surface area contributed by atoms with Crippen LogP contribution in [0.1, 0.15) is 22.4 Å². The average Bonchev–Trinajstić information content (AvgIpc) is 3.02. The van der Waals surface area contributed by atoms with Gasteiger partial charge < -0.3 is 9.64 Å². The first kappa shape index (κ1) is 22.4. The highest BCUT2D eigenvalue weighted by atomic mass is 35.5. The number of benzene rings is 2. The van der Waals surface area contributed by atoms with Crippen molar-refractivity contribution in [2.24, 2.45) is 0 Å². The molecule has 0 saturated carbocycles. The quantitative estimate of drug-likeness (QED) is 0.295. The van der Waals surface area contributed by atoms with Gasteiger partial charge in [-0.05, 0) is 70.2 Å². The Balaban J connectivity index is 0.00000240. The van der Waals surface area contributed by atoms with Crippen LogP contribution in [0, 0.1) is 13.8 Å². The van der Waals surface area contributed by atoms with Crippen molar-refractivity contribution in [3.63, 3.8) is 0 Å². The lowest BCUT2D eigenvalue weighted by Crippen LogP contribution is -2.14. The summed E-state index contributed by atoms with van der Waals surface area (Å²) >= 11 is 3.79. The predicted molar refractivity (Wildman–Crippen MR) is 129 cm³/mol. The SMILES string of the molecule is Cc1cc(C)c2c(c1)-c1sc(COCCCN(C)C)cc1-c1ccccc1S2.Cl. The van der Waals surface area contributed by atoms with Gasteiger partial charge in [0.1, 0.15) is 0 Å². The van der Waals surface area contributed by atoms with Crippen molar-refractivity contribution in [1.29, 1.82) is 0 Å². The summed E-state index contributed by atoms with van der Waals surface area (Å²) in [7, 11) is 4.21. The fraction of sp³-hybridized carbons (Fsp3) is 0.333. The van der Waals surface area contributed by atoms with Crippen molar-refractivity contribution in [3.8, 4) is 21.6 Å². The molecule has 2 heterocycles. The first-order chi connectivity index (χ1) is 13.5. The second-order valence-electron chi connectivity index (χ2n) is 7.72. The molecule has 0 fully saturated rings. The number of aryl methyl sites for hydroxylation is 2. The number of hydrogen-bond acceptors (Lipinski definition) is 4. The second kappa shape index (κ2) is 9.67. The number of halogens is 1. The zero-order valence-electron chi connectivity index (χ0n) is 17.5. The maximum atomic E-state index is 5.98. The molecule has 1 aliphatic heterocycles. The molecule has 2 aromatic carbocycles. The summed E-state index contributed by atoms with van der Waals surface area (Å²) < 4.78 is 5.98. The van der Waals surface area contributed by atoms with E-state index in [1.54, 1.807) is 0 Å². The minimum atomic E-state index is 0. The summed E-state index contributed by atoms with van der Waals surface area (Å²) in [5, 5.41) is 0. The Bertz CT molecular complexity index is 997. The van der Waals surface area contributed by atoms with E-state index in [0.717, 1.165) is 19.6 Å². The summed E-state index contributed by atoms with van der Waals surface area (Å²) in [6.07, 6.45) is 1.07. The molecule has 0 N–H and O–H groups in total. The van der Waals surface area contributed by atoms with Gasteiger partial charge in [0.2, 0.25) is 0 Å². The number of fused-ring (bicyclic) bond motifs is 5. The molecular formula is C24H28ClNOS2. The van der Waals surface area contributed by atoms with E-state index in [1.165, 1.54) is 47.4 Å². The van der Waals surface area contributed by atoms with Crippen LogP contribution in [0.25, 0.3) is 21.6 Å². The Kier molecular flexibility index (Phi) is 7.47. The zero-order chi connectivity index (χ0) is 19.7. The van der Waals surface area contributed by atoms with E-state index in [-0.39, 0.29) is 12.4 Å². The van der Waals surface area contributed by atoms with Crippen molar-refractivity contribution in [2.45, 2.75) is 36.7 Å². The summed E-state index contributed by atoms with van der Waals surface area (Å²) in [4.78, 5) is 7.61. The van der Waals surface area contributed by atoms with Gasteiger partial charge in [0.05, 0.1) is 6.61 Å². The molecule has 154 valence electrons. The van der Waals surface area contributed by atoms with Crippen LogP contribution in [0.4, 0.5) is 0 Å². The van der Waals surface area contributed by atoms with Crippen molar-refractivity contribution >= 4 is 35.5 Å². The van der Waals surface area contributed by atoms with Gasteiger partial charge in [-0.25, -0.2) is 0 Å². The number of nitrogens with zero attached hydrogens (tertiary/aromatic N) is 1. The predicted octanol–water partition coefficient (Wildman–Crippen LogP) is 7.05. The summed E-state index contributed by atoms with van der Waals surface area (Å²) in [6.45, 7) is 6.99.